The van der Waals surface area contributed by atoms with E-state index in [0.29, 0.717) is 19.0 Å². The molecule has 1 atom stereocenters. The van der Waals surface area contributed by atoms with Crippen LogP contribution in [0.25, 0.3) is 0 Å². The van der Waals surface area contributed by atoms with Gasteiger partial charge >= 0.3 is 0 Å². The fourth-order valence-corrected chi connectivity index (χ4v) is 2.63. The summed E-state index contributed by atoms with van der Waals surface area (Å²) in [5.74, 6) is 1.07. The lowest BCUT2D eigenvalue weighted by Crippen LogP contribution is -2.39. The monoisotopic (exact) mass is 453 g/mol. The minimum absolute atomic E-state index is 0. The van der Waals surface area contributed by atoms with Gasteiger partial charge in [0.05, 0.1) is 6.61 Å². The van der Waals surface area contributed by atoms with E-state index >= 15 is 0 Å². The summed E-state index contributed by atoms with van der Waals surface area (Å²) >= 11 is 0. The number of halogens is 1. The highest BCUT2D eigenvalue weighted by atomic mass is 127. The second kappa shape index (κ2) is 12.7. The molecular weight excluding hydrogens is 425 g/mol. The standard InChI is InChI=1S/C20H27N3O.HI/c1-2-21-20(22-13-14-24)23-16-19(18-11-7-4-8-12-18)15-17-9-5-3-6-10-17;/h3-12,19,24H,2,13-16H2,1H3,(H2,21,22,23);1H. The predicted octanol–water partition coefficient (Wildman–Crippen LogP) is 3.18. The quantitative estimate of drug-likeness (QED) is 0.327. The van der Waals surface area contributed by atoms with Crippen LogP contribution in [0.1, 0.15) is 24.0 Å². The molecule has 0 spiro atoms. The molecule has 3 N–H and O–H groups in total. The van der Waals surface area contributed by atoms with Gasteiger partial charge in [-0.2, -0.15) is 0 Å². The summed E-state index contributed by atoms with van der Waals surface area (Å²) < 4.78 is 0. The van der Waals surface area contributed by atoms with Gasteiger partial charge in [0, 0.05) is 25.6 Å². The van der Waals surface area contributed by atoms with Crippen molar-refractivity contribution in [3.05, 3.63) is 71.8 Å². The van der Waals surface area contributed by atoms with E-state index < -0.39 is 0 Å². The Morgan fingerprint density at radius 3 is 2.24 bits per heavy atom. The van der Waals surface area contributed by atoms with E-state index in [2.05, 4.69) is 59.2 Å². The molecule has 0 aliphatic heterocycles. The van der Waals surface area contributed by atoms with Gasteiger partial charge in [0.15, 0.2) is 5.96 Å². The second-order valence-corrected chi connectivity index (χ2v) is 5.67. The molecule has 2 aromatic rings. The maximum absolute atomic E-state index is 8.99. The maximum atomic E-state index is 8.99. The Kier molecular flexibility index (Phi) is 10.9. The summed E-state index contributed by atoms with van der Waals surface area (Å²) in [6, 6.07) is 21.0. The molecule has 4 nitrogen and oxygen atoms in total. The molecule has 0 radical (unpaired) electrons. The molecule has 2 aromatic carbocycles. The third-order valence-electron chi connectivity index (χ3n) is 3.81. The number of hydrogen-bond donors (Lipinski definition) is 3. The average molecular weight is 453 g/mol. The SMILES string of the molecule is CCNC(=NCC(Cc1ccccc1)c1ccccc1)NCCO.I. The van der Waals surface area contributed by atoms with E-state index in [1.54, 1.807) is 0 Å². The van der Waals surface area contributed by atoms with Crippen LogP contribution in [0, 0.1) is 0 Å². The second-order valence-electron chi connectivity index (χ2n) is 5.67. The van der Waals surface area contributed by atoms with E-state index in [-0.39, 0.29) is 30.6 Å². The van der Waals surface area contributed by atoms with E-state index in [1.807, 2.05) is 19.1 Å². The molecule has 2 rings (SSSR count). The van der Waals surface area contributed by atoms with Gasteiger partial charge in [-0.05, 0) is 24.5 Å². The van der Waals surface area contributed by atoms with Crippen molar-refractivity contribution in [2.24, 2.45) is 4.99 Å². The van der Waals surface area contributed by atoms with Crippen LogP contribution in [0.3, 0.4) is 0 Å². The normalized spacial score (nSPS) is 12.2. The molecule has 0 amide bonds. The van der Waals surface area contributed by atoms with Gasteiger partial charge in [0.25, 0.3) is 0 Å². The van der Waals surface area contributed by atoms with Crippen LogP contribution < -0.4 is 10.6 Å². The topological polar surface area (TPSA) is 56.7 Å². The zero-order valence-corrected chi connectivity index (χ0v) is 17.0. The van der Waals surface area contributed by atoms with Crippen molar-refractivity contribution >= 4 is 29.9 Å². The van der Waals surface area contributed by atoms with Crippen LogP contribution >= 0.6 is 24.0 Å². The molecule has 1 unspecified atom stereocenters. The predicted molar refractivity (Wildman–Crippen MR) is 116 cm³/mol. The van der Waals surface area contributed by atoms with Crippen molar-refractivity contribution in [2.75, 3.05) is 26.2 Å². The lowest BCUT2D eigenvalue weighted by atomic mass is 9.92. The molecule has 0 aromatic heterocycles. The van der Waals surface area contributed by atoms with Crippen molar-refractivity contribution in [3.8, 4) is 0 Å². The van der Waals surface area contributed by atoms with Crippen LogP contribution in [0.4, 0.5) is 0 Å². The highest BCUT2D eigenvalue weighted by Crippen LogP contribution is 2.21. The van der Waals surface area contributed by atoms with E-state index in [1.165, 1.54) is 11.1 Å². The molecule has 0 saturated heterocycles. The fraction of sp³-hybridized carbons (Fsp3) is 0.350. The van der Waals surface area contributed by atoms with Crippen LogP contribution in [0.2, 0.25) is 0 Å². The first kappa shape index (κ1) is 21.4. The van der Waals surface area contributed by atoms with Crippen molar-refractivity contribution in [1.29, 1.82) is 0 Å². The molecule has 5 heteroatoms. The Morgan fingerprint density at radius 1 is 1.00 bits per heavy atom. The third-order valence-corrected chi connectivity index (χ3v) is 3.81. The van der Waals surface area contributed by atoms with Gasteiger partial charge in [-0.15, -0.1) is 24.0 Å². The highest BCUT2D eigenvalue weighted by Gasteiger charge is 2.12. The number of aliphatic hydroxyl groups excluding tert-OH is 1. The van der Waals surface area contributed by atoms with Gasteiger partial charge in [-0.25, -0.2) is 0 Å². The van der Waals surface area contributed by atoms with Crippen LogP contribution in [-0.2, 0) is 6.42 Å². The summed E-state index contributed by atoms with van der Waals surface area (Å²) in [6.45, 7) is 4.12. The minimum atomic E-state index is 0. The smallest absolute Gasteiger partial charge is 0.191 e. The molecule has 0 saturated carbocycles. The Balaban J connectivity index is 0.00000312. The Morgan fingerprint density at radius 2 is 1.64 bits per heavy atom. The molecule has 0 aliphatic rings. The minimum Gasteiger partial charge on any atom is -0.395 e. The number of nitrogens with zero attached hydrogens (tertiary/aromatic N) is 1. The Hall–Kier alpha value is -1.60. The molecule has 0 fully saturated rings. The first-order chi connectivity index (χ1) is 11.8. The molecule has 136 valence electrons. The Bertz CT molecular complexity index is 605. The van der Waals surface area contributed by atoms with Crippen LogP contribution in [0.5, 0.6) is 0 Å². The average Bonchev–Trinajstić information content (AvgIpc) is 2.64. The maximum Gasteiger partial charge on any atom is 0.191 e. The number of aliphatic imine (C=N–C) groups is 1. The molecule has 25 heavy (non-hydrogen) atoms. The van der Waals surface area contributed by atoms with Gasteiger partial charge in [0.2, 0.25) is 0 Å². The van der Waals surface area contributed by atoms with Crippen molar-refractivity contribution in [3.63, 3.8) is 0 Å². The number of aliphatic hydroxyl groups is 1. The highest BCUT2D eigenvalue weighted by molar-refractivity contribution is 14.0. The van der Waals surface area contributed by atoms with Gasteiger partial charge in [0.1, 0.15) is 0 Å². The summed E-state index contributed by atoms with van der Waals surface area (Å²) in [4.78, 5) is 4.71. The van der Waals surface area contributed by atoms with Crippen LogP contribution in [0.15, 0.2) is 65.7 Å². The van der Waals surface area contributed by atoms with Gasteiger partial charge in [-0.3, -0.25) is 4.99 Å². The zero-order chi connectivity index (χ0) is 17.0. The van der Waals surface area contributed by atoms with Crippen molar-refractivity contribution < 1.29 is 5.11 Å². The Labute approximate surface area is 167 Å². The summed E-state index contributed by atoms with van der Waals surface area (Å²) in [7, 11) is 0. The summed E-state index contributed by atoms with van der Waals surface area (Å²) in [5.41, 5.74) is 2.61. The fourth-order valence-electron chi connectivity index (χ4n) is 2.63. The first-order valence-corrected chi connectivity index (χ1v) is 8.55. The number of rotatable bonds is 8. The molecular formula is C20H28IN3O. The largest absolute Gasteiger partial charge is 0.395 e. The van der Waals surface area contributed by atoms with Crippen molar-refractivity contribution in [1.82, 2.24) is 10.6 Å². The first-order valence-electron chi connectivity index (χ1n) is 8.55. The van der Waals surface area contributed by atoms with E-state index in [0.717, 1.165) is 18.9 Å². The number of benzene rings is 2. The molecule has 0 heterocycles. The van der Waals surface area contributed by atoms with E-state index in [9.17, 15) is 0 Å². The zero-order valence-electron chi connectivity index (χ0n) is 14.7. The molecule has 0 bridgehead atoms. The van der Waals surface area contributed by atoms with E-state index in [4.69, 9.17) is 10.1 Å². The third kappa shape index (κ3) is 7.88. The van der Waals surface area contributed by atoms with Gasteiger partial charge < -0.3 is 15.7 Å². The molecule has 0 aliphatic carbocycles. The summed E-state index contributed by atoms with van der Waals surface area (Å²) in [5, 5.41) is 15.3. The van der Waals surface area contributed by atoms with Crippen LogP contribution in [-0.4, -0.2) is 37.3 Å². The number of hydrogen-bond acceptors (Lipinski definition) is 2. The van der Waals surface area contributed by atoms with Crippen molar-refractivity contribution in [2.45, 2.75) is 19.3 Å². The lowest BCUT2D eigenvalue weighted by Gasteiger charge is -2.17. The number of nitrogens with one attached hydrogen (secondary N) is 2. The lowest BCUT2D eigenvalue weighted by molar-refractivity contribution is 0.300. The summed E-state index contributed by atoms with van der Waals surface area (Å²) in [6.07, 6.45) is 0.952. The number of guanidine groups is 1. The van der Waals surface area contributed by atoms with Gasteiger partial charge in [-0.1, -0.05) is 60.7 Å².